The summed E-state index contributed by atoms with van der Waals surface area (Å²) < 4.78 is 18.9. The lowest BCUT2D eigenvalue weighted by Gasteiger charge is -2.36. The Balaban J connectivity index is 1.99. The van der Waals surface area contributed by atoms with E-state index >= 15 is 0 Å². The topological polar surface area (TPSA) is 69.2 Å². The fourth-order valence-electron chi connectivity index (χ4n) is 3.45. The van der Waals surface area contributed by atoms with Gasteiger partial charge in [0.1, 0.15) is 12.4 Å². The smallest absolute Gasteiger partial charge is 0.243 e. The third-order valence-electron chi connectivity index (χ3n) is 5.10. The molecule has 0 aromatic heterocycles. The molecule has 2 N–H and O–H groups in total. The van der Waals surface area contributed by atoms with Crippen molar-refractivity contribution in [3.05, 3.63) is 29.6 Å². The maximum absolute atomic E-state index is 13.5. The van der Waals surface area contributed by atoms with Crippen molar-refractivity contribution in [2.24, 2.45) is 4.99 Å². The Morgan fingerprint density at radius 1 is 1.40 bits per heavy atom. The van der Waals surface area contributed by atoms with Crippen LogP contribution >= 0.6 is 0 Å². The largest absolute Gasteiger partial charge is 0.382 e. The van der Waals surface area contributed by atoms with Gasteiger partial charge in [-0.2, -0.15) is 0 Å². The Bertz CT molecular complexity index is 711. The average Bonchev–Trinajstić information content (AvgIpc) is 2.71. The number of rotatable bonds is 9. The zero-order valence-electron chi connectivity index (χ0n) is 18.7. The number of hydrogen-bond acceptors (Lipinski definition) is 4. The molecule has 1 fully saturated rings. The Labute approximate surface area is 179 Å². The van der Waals surface area contributed by atoms with Gasteiger partial charge in [-0.1, -0.05) is 0 Å². The molecule has 1 aliphatic heterocycles. The Hall–Kier alpha value is -2.35. The van der Waals surface area contributed by atoms with Crippen LogP contribution in [-0.4, -0.2) is 76.3 Å². The van der Waals surface area contributed by atoms with Gasteiger partial charge < -0.3 is 25.2 Å². The van der Waals surface area contributed by atoms with E-state index in [-0.39, 0.29) is 24.3 Å². The van der Waals surface area contributed by atoms with E-state index in [1.54, 1.807) is 20.2 Å². The first-order valence-corrected chi connectivity index (χ1v) is 10.7. The maximum atomic E-state index is 13.5. The van der Waals surface area contributed by atoms with E-state index in [0.717, 1.165) is 50.1 Å². The van der Waals surface area contributed by atoms with Crippen LogP contribution in [0.5, 0.6) is 0 Å². The molecule has 1 saturated heterocycles. The number of anilines is 1. The number of nitrogens with zero attached hydrogens (tertiary/aromatic N) is 3. The summed E-state index contributed by atoms with van der Waals surface area (Å²) in [5, 5.41) is 6.80. The molecule has 0 saturated carbocycles. The monoisotopic (exact) mass is 421 g/mol. The molecule has 1 amide bonds. The number of amides is 1. The normalized spacial score (nSPS) is 17.0. The molecule has 1 atom stereocenters. The number of halogens is 1. The van der Waals surface area contributed by atoms with Gasteiger partial charge in [-0.05, 0) is 56.9 Å². The van der Waals surface area contributed by atoms with Crippen LogP contribution in [0.25, 0.3) is 0 Å². The maximum Gasteiger partial charge on any atom is 0.243 e. The lowest BCUT2D eigenvalue weighted by molar-refractivity contribution is -0.127. The van der Waals surface area contributed by atoms with Gasteiger partial charge in [0.2, 0.25) is 5.91 Å². The summed E-state index contributed by atoms with van der Waals surface area (Å²) in [6, 6.07) is 5.13. The number of carbonyl (C=O) groups excluding carboxylic acids is 1. The highest BCUT2D eigenvalue weighted by molar-refractivity contribution is 5.85. The van der Waals surface area contributed by atoms with E-state index in [1.807, 2.05) is 19.9 Å². The van der Waals surface area contributed by atoms with E-state index in [9.17, 15) is 9.18 Å². The van der Waals surface area contributed by atoms with Crippen LogP contribution < -0.4 is 15.5 Å². The molecular formula is C22H36FN5O2. The SMILES string of the molecule is CCOCCCNC(=NCC(=O)N(C)C)NC1CCCN(c2ccc(F)cc2C)C1. The molecule has 168 valence electrons. The summed E-state index contributed by atoms with van der Waals surface area (Å²) in [6.07, 6.45) is 2.91. The molecule has 1 aliphatic rings. The molecule has 0 aliphatic carbocycles. The number of piperidine rings is 1. The van der Waals surface area contributed by atoms with Gasteiger partial charge >= 0.3 is 0 Å². The molecule has 1 aromatic carbocycles. The van der Waals surface area contributed by atoms with E-state index < -0.39 is 0 Å². The Kier molecular flexibility index (Phi) is 9.86. The minimum absolute atomic E-state index is 0.0439. The summed E-state index contributed by atoms with van der Waals surface area (Å²) in [5.41, 5.74) is 2.00. The van der Waals surface area contributed by atoms with Gasteiger partial charge in [-0.3, -0.25) is 4.79 Å². The van der Waals surface area contributed by atoms with Crippen molar-refractivity contribution in [2.75, 3.05) is 58.4 Å². The zero-order chi connectivity index (χ0) is 21.9. The van der Waals surface area contributed by atoms with Crippen molar-refractivity contribution in [3.63, 3.8) is 0 Å². The Morgan fingerprint density at radius 2 is 2.20 bits per heavy atom. The first kappa shape index (κ1) is 23.9. The van der Waals surface area contributed by atoms with E-state index in [0.29, 0.717) is 19.2 Å². The van der Waals surface area contributed by atoms with Crippen molar-refractivity contribution in [1.82, 2.24) is 15.5 Å². The van der Waals surface area contributed by atoms with Crippen molar-refractivity contribution < 1.29 is 13.9 Å². The predicted octanol–water partition coefficient (Wildman–Crippen LogP) is 2.15. The highest BCUT2D eigenvalue weighted by Crippen LogP contribution is 2.24. The molecule has 2 rings (SSSR count). The quantitative estimate of drug-likeness (QED) is 0.363. The minimum atomic E-state index is -0.209. The second kappa shape index (κ2) is 12.4. The standard InChI is InChI=1S/C22H36FN5O2/c1-5-30-13-7-11-24-22(25-15-21(29)27(3)4)26-19-8-6-12-28(16-19)20-10-9-18(23)14-17(20)2/h9-10,14,19H,5-8,11-13,15-16H2,1-4H3,(H2,24,25,26). The number of aliphatic imine (C=N–C) groups is 1. The number of likely N-dealkylation sites (N-methyl/N-ethyl adjacent to an activating group) is 1. The first-order valence-electron chi connectivity index (χ1n) is 10.7. The van der Waals surface area contributed by atoms with Crippen molar-refractivity contribution in [2.45, 2.75) is 39.2 Å². The molecule has 1 heterocycles. The first-order chi connectivity index (χ1) is 14.4. The highest BCUT2D eigenvalue weighted by atomic mass is 19.1. The van der Waals surface area contributed by atoms with Gasteiger partial charge in [0.15, 0.2) is 5.96 Å². The van der Waals surface area contributed by atoms with Gasteiger partial charge in [0.25, 0.3) is 0 Å². The third-order valence-corrected chi connectivity index (χ3v) is 5.10. The van der Waals surface area contributed by atoms with E-state index in [4.69, 9.17) is 4.74 Å². The van der Waals surface area contributed by atoms with Crippen molar-refractivity contribution in [1.29, 1.82) is 0 Å². The number of benzene rings is 1. The van der Waals surface area contributed by atoms with Crippen molar-refractivity contribution >= 4 is 17.6 Å². The summed E-state index contributed by atoms with van der Waals surface area (Å²) in [6.45, 7) is 7.87. The lowest BCUT2D eigenvalue weighted by Crippen LogP contribution is -2.51. The second-order valence-electron chi connectivity index (χ2n) is 7.79. The molecule has 7 nitrogen and oxygen atoms in total. The summed E-state index contributed by atoms with van der Waals surface area (Å²) in [7, 11) is 3.45. The number of guanidine groups is 1. The molecule has 1 unspecified atom stereocenters. The average molecular weight is 422 g/mol. The fourth-order valence-corrected chi connectivity index (χ4v) is 3.45. The molecule has 8 heteroatoms. The minimum Gasteiger partial charge on any atom is -0.382 e. The Morgan fingerprint density at radius 3 is 2.90 bits per heavy atom. The number of nitrogens with one attached hydrogen (secondary N) is 2. The number of aryl methyl sites for hydroxylation is 1. The van der Waals surface area contributed by atoms with Gasteiger partial charge in [-0.25, -0.2) is 9.38 Å². The molecule has 1 aromatic rings. The summed E-state index contributed by atoms with van der Waals surface area (Å²) in [4.78, 5) is 20.3. The summed E-state index contributed by atoms with van der Waals surface area (Å²) in [5.74, 6) is 0.390. The lowest BCUT2D eigenvalue weighted by atomic mass is 10.0. The van der Waals surface area contributed by atoms with Crippen LogP contribution in [0.15, 0.2) is 23.2 Å². The van der Waals surface area contributed by atoms with Crippen LogP contribution in [0.2, 0.25) is 0 Å². The zero-order valence-corrected chi connectivity index (χ0v) is 18.7. The number of hydrogen-bond donors (Lipinski definition) is 2. The third kappa shape index (κ3) is 7.82. The fraction of sp³-hybridized carbons (Fsp3) is 0.636. The van der Waals surface area contributed by atoms with E-state index in [2.05, 4.69) is 20.5 Å². The molecule has 30 heavy (non-hydrogen) atoms. The molecule has 0 bridgehead atoms. The highest BCUT2D eigenvalue weighted by Gasteiger charge is 2.22. The van der Waals surface area contributed by atoms with Crippen molar-refractivity contribution in [3.8, 4) is 0 Å². The summed E-state index contributed by atoms with van der Waals surface area (Å²) >= 11 is 0. The van der Waals surface area contributed by atoms with Crippen LogP contribution in [-0.2, 0) is 9.53 Å². The van der Waals surface area contributed by atoms with E-state index in [1.165, 1.54) is 11.0 Å². The molecule has 0 spiro atoms. The number of ether oxygens (including phenoxy) is 1. The van der Waals surface area contributed by atoms with Crippen LogP contribution in [0.3, 0.4) is 0 Å². The van der Waals surface area contributed by atoms with Crippen LogP contribution in [0.4, 0.5) is 10.1 Å². The van der Waals surface area contributed by atoms with Gasteiger partial charge in [0.05, 0.1) is 0 Å². The van der Waals surface area contributed by atoms with Gasteiger partial charge in [-0.15, -0.1) is 0 Å². The van der Waals surface area contributed by atoms with Crippen LogP contribution in [0, 0.1) is 12.7 Å². The molecular weight excluding hydrogens is 385 g/mol. The predicted molar refractivity (Wildman–Crippen MR) is 120 cm³/mol. The van der Waals surface area contributed by atoms with Gasteiger partial charge in [0, 0.05) is 58.7 Å². The molecule has 0 radical (unpaired) electrons. The number of carbonyl (C=O) groups is 1. The van der Waals surface area contributed by atoms with Crippen LogP contribution in [0.1, 0.15) is 31.7 Å². The second-order valence-corrected chi connectivity index (χ2v) is 7.79.